The number of hydrogen-bond donors (Lipinski definition) is 2. The molecule has 0 saturated heterocycles. The fourth-order valence-electron chi connectivity index (χ4n) is 1.27. The van der Waals surface area contributed by atoms with Gasteiger partial charge in [-0.1, -0.05) is 29.3 Å². The second kappa shape index (κ2) is 9.26. The first kappa shape index (κ1) is 18.3. The minimum absolute atomic E-state index is 0. The van der Waals surface area contributed by atoms with Gasteiger partial charge in [0.2, 0.25) is 0 Å². The number of likely N-dealkylation sites (N-methyl/N-ethyl adjacent to an activating group) is 1. The summed E-state index contributed by atoms with van der Waals surface area (Å²) >= 11 is 11.8. The molecule has 0 aliphatic carbocycles. The van der Waals surface area contributed by atoms with Crippen LogP contribution in [-0.2, 0) is 4.79 Å². The zero-order chi connectivity index (χ0) is 13.5. The number of nitrogens with one attached hydrogen (secondary N) is 2. The van der Waals surface area contributed by atoms with Crippen molar-refractivity contribution in [1.29, 1.82) is 0 Å². The van der Waals surface area contributed by atoms with E-state index >= 15 is 0 Å². The van der Waals surface area contributed by atoms with E-state index in [1.54, 1.807) is 25.1 Å². The summed E-state index contributed by atoms with van der Waals surface area (Å²) in [6.07, 6.45) is -0.627. The van der Waals surface area contributed by atoms with E-state index in [1.165, 1.54) is 0 Å². The third-order valence-electron chi connectivity index (χ3n) is 2.26. The molecule has 0 fully saturated rings. The Morgan fingerprint density at radius 1 is 1.37 bits per heavy atom. The summed E-state index contributed by atoms with van der Waals surface area (Å²) in [6.45, 7) is 2.91. The Bertz CT molecular complexity index is 416. The Balaban J connectivity index is 0.00000324. The number of carbonyl (C=O) groups is 1. The lowest BCUT2D eigenvalue weighted by molar-refractivity contribution is -0.127. The minimum Gasteiger partial charge on any atom is -0.479 e. The summed E-state index contributed by atoms with van der Waals surface area (Å²) in [5.74, 6) is 0.210. The first-order chi connectivity index (χ1) is 8.56. The van der Waals surface area contributed by atoms with Crippen LogP contribution in [-0.4, -0.2) is 32.1 Å². The van der Waals surface area contributed by atoms with Crippen molar-refractivity contribution in [2.75, 3.05) is 20.1 Å². The van der Waals surface area contributed by atoms with Gasteiger partial charge < -0.3 is 15.4 Å². The predicted molar refractivity (Wildman–Crippen MR) is 80.7 cm³/mol. The fourth-order valence-corrected chi connectivity index (χ4v) is 1.61. The van der Waals surface area contributed by atoms with Crippen molar-refractivity contribution in [2.24, 2.45) is 0 Å². The van der Waals surface area contributed by atoms with Gasteiger partial charge in [0, 0.05) is 13.1 Å². The van der Waals surface area contributed by atoms with E-state index in [0.29, 0.717) is 28.9 Å². The van der Waals surface area contributed by atoms with Crippen molar-refractivity contribution in [3.63, 3.8) is 0 Å². The summed E-state index contributed by atoms with van der Waals surface area (Å²) < 4.78 is 5.47. The molecular weight excluding hydrogens is 311 g/mol. The molecule has 0 aliphatic heterocycles. The topological polar surface area (TPSA) is 50.4 Å². The van der Waals surface area contributed by atoms with Crippen LogP contribution in [0.25, 0.3) is 0 Å². The van der Waals surface area contributed by atoms with Gasteiger partial charge in [-0.3, -0.25) is 4.79 Å². The summed E-state index contributed by atoms with van der Waals surface area (Å²) in [5, 5.41) is 6.38. The molecule has 0 saturated carbocycles. The maximum absolute atomic E-state index is 11.7. The van der Waals surface area contributed by atoms with Crippen LogP contribution in [0.3, 0.4) is 0 Å². The molecule has 1 aromatic carbocycles. The standard InChI is InChI=1S/C12H16Cl2N2O2.ClH/c1-8(12(17)16-7-6-15-2)18-10-5-3-4-9(13)11(10)14;/h3-5,8,15H,6-7H2,1-2H3,(H,16,17);1H. The van der Waals surface area contributed by atoms with Gasteiger partial charge in [-0.2, -0.15) is 0 Å². The van der Waals surface area contributed by atoms with Crippen LogP contribution >= 0.6 is 35.6 Å². The van der Waals surface area contributed by atoms with Gasteiger partial charge in [-0.15, -0.1) is 12.4 Å². The molecule has 7 heteroatoms. The average Bonchev–Trinajstić information content (AvgIpc) is 2.35. The molecule has 1 unspecified atom stereocenters. The predicted octanol–water partition coefficient (Wildman–Crippen LogP) is 2.52. The number of hydrogen-bond acceptors (Lipinski definition) is 3. The molecule has 1 atom stereocenters. The van der Waals surface area contributed by atoms with Gasteiger partial charge >= 0.3 is 0 Å². The van der Waals surface area contributed by atoms with Gasteiger partial charge in [0.15, 0.2) is 6.10 Å². The number of amides is 1. The van der Waals surface area contributed by atoms with Crippen LogP contribution in [0.1, 0.15) is 6.92 Å². The van der Waals surface area contributed by atoms with Crippen molar-refractivity contribution in [3.05, 3.63) is 28.2 Å². The number of rotatable bonds is 6. The molecular formula is C12H17Cl3N2O2. The summed E-state index contributed by atoms with van der Waals surface area (Å²) in [4.78, 5) is 11.7. The maximum Gasteiger partial charge on any atom is 0.260 e. The van der Waals surface area contributed by atoms with Crippen molar-refractivity contribution >= 4 is 41.5 Å². The Hall–Kier alpha value is -0.680. The SMILES string of the molecule is CNCCNC(=O)C(C)Oc1cccc(Cl)c1Cl.Cl. The van der Waals surface area contributed by atoms with Crippen molar-refractivity contribution in [2.45, 2.75) is 13.0 Å². The highest BCUT2D eigenvalue weighted by Gasteiger charge is 2.16. The molecule has 0 aromatic heterocycles. The molecule has 1 aromatic rings. The molecule has 2 N–H and O–H groups in total. The van der Waals surface area contributed by atoms with E-state index < -0.39 is 6.10 Å². The van der Waals surface area contributed by atoms with Crippen LogP contribution in [0.15, 0.2) is 18.2 Å². The lowest BCUT2D eigenvalue weighted by atomic mass is 10.3. The van der Waals surface area contributed by atoms with E-state index in [2.05, 4.69) is 10.6 Å². The van der Waals surface area contributed by atoms with Crippen LogP contribution in [0.2, 0.25) is 10.0 Å². The van der Waals surface area contributed by atoms with E-state index in [9.17, 15) is 4.79 Å². The quantitative estimate of drug-likeness (QED) is 0.789. The van der Waals surface area contributed by atoms with Gasteiger partial charge in [-0.05, 0) is 26.1 Å². The molecule has 0 heterocycles. The number of benzene rings is 1. The molecule has 108 valence electrons. The van der Waals surface area contributed by atoms with Crippen molar-refractivity contribution in [1.82, 2.24) is 10.6 Å². The molecule has 19 heavy (non-hydrogen) atoms. The Morgan fingerprint density at radius 3 is 2.68 bits per heavy atom. The molecule has 0 spiro atoms. The molecule has 0 radical (unpaired) electrons. The van der Waals surface area contributed by atoms with Crippen LogP contribution in [0, 0.1) is 0 Å². The molecule has 0 bridgehead atoms. The van der Waals surface area contributed by atoms with E-state index in [-0.39, 0.29) is 18.3 Å². The Morgan fingerprint density at radius 2 is 2.05 bits per heavy atom. The van der Waals surface area contributed by atoms with Crippen molar-refractivity contribution in [3.8, 4) is 5.75 Å². The number of halogens is 3. The van der Waals surface area contributed by atoms with Crippen LogP contribution in [0.4, 0.5) is 0 Å². The summed E-state index contributed by atoms with van der Waals surface area (Å²) in [6, 6.07) is 5.05. The smallest absolute Gasteiger partial charge is 0.260 e. The third-order valence-corrected chi connectivity index (χ3v) is 3.06. The number of ether oxygens (including phenoxy) is 1. The van der Waals surface area contributed by atoms with Gasteiger partial charge in [-0.25, -0.2) is 0 Å². The lowest BCUT2D eigenvalue weighted by Gasteiger charge is -2.15. The Labute approximate surface area is 129 Å². The monoisotopic (exact) mass is 326 g/mol. The van der Waals surface area contributed by atoms with Crippen LogP contribution < -0.4 is 15.4 Å². The van der Waals surface area contributed by atoms with E-state index in [4.69, 9.17) is 27.9 Å². The number of carbonyl (C=O) groups excluding carboxylic acids is 1. The first-order valence-corrected chi connectivity index (χ1v) is 6.34. The third kappa shape index (κ3) is 5.87. The summed E-state index contributed by atoms with van der Waals surface area (Å²) in [7, 11) is 1.82. The first-order valence-electron chi connectivity index (χ1n) is 5.59. The summed E-state index contributed by atoms with van der Waals surface area (Å²) in [5.41, 5.74) is 0. The average molecular weight is 328 g/mol. The fraction of sp³-hybridized carbons (Fsp3) is 0.417. The molecule has 0 aliphatic rings. The van der Waals surface area contributed by atoms with E-state index in [0.717, 1.165) is 0 Å². The second-order valence-electron chi connectivity index (χ2n) is 3.71. The Kier molecular flexibility index (Phi) is 8.93. The zero-order valence-electron chi connectivity index (χ0n) is 10.7. The van der Waals surface area contributed by atoms with Crippen molar-refractivity contribution < 1.29 is 9.53 Å². The van der Waals surface area contributed by atoms with E-state index in [1.807, 2.05) is 7.05 Å². The largest absolute Gasteiger partial charge is 0.479 e. The van der Waals surface area contributed by atoms with Gasteiger partial charge in [0.25, 0.3) is 5.91 Å². The van der Waals surface area contributed by atoms with Gasteiger partial charge in [0.05, 0.1) is 5.02 Å². The molecule has 1 rings (SSSR count). The minimum atomic E-state index is -0.627. The van der Waals surface area contributed by atoms with Crippen LogP contribution in [0.5, 0.6) is 5.75 Å². The molecule has 1 amide bonds. The lowest BCUT2D eigenvalue weighted by Crippen LogP contribution is -2.39. The highest BCUT2D eigenvalue weighted by molar-refractivity contribution is 6.42. The molecule has 4 nitrogen and oxygen atoms in total. The highest BCUT2D eigenvalue weighted by Crippen LogP contribution is 2.31. The second-order valence-corrected chi connectivity index (χ2v) is 4.49. The highest BCUT2D eigenvalue weighted by atomic mass is 35.5. The normalized spacial score (nSPS) is 11.4. The zero-order valence-corrected chi connectivity index (χ0v) is 13.0. The van der Waals surface area contributed by atoms with Gasteiger partial charge in [0.1, 0.15) is 10.8 Å². The maximum atomic E-state index is 11.7.